The number of hydrogen-bond donors (Lipinski definition) is 2. The van der Waals surface area contributed by atoms with Gasteiger partial charge in [0.2, 0.25) is 0 Å². The summed E-state index contributed by atoms with van der Waals surface area (Å²) in [5, 5.41) is 11.1. The third kappa shape index (κ3) is 1.76. The molecule has 0 fully saturated rings. The predicted molar refractivity (Wildman–Crippen MR) is 40.7 cm³/mol. The van der Waals surface area contributed by atoms with Crippen molar-refractivity contribution in [1.29, 1.82) is 0 Å². The van der Waals surface area contributed by atoms with E-state index in [9.17, 15) is 5.11 Å². The van der Waals surface area contributed by atoms with Crippen molar-refractivity contribution in [3.8, 4) is 0 Å². The first kappa shape index (κ1) is 7.65. The van der Waals surface area contributed by atoms with Crippen molar-refractivity contribution in [3.63, 3.8) is 0 Å². The molecule has 1 atom stereocenters. The van der Waals surface area contributed by atoms with Crippen LogP contribution in [0.1, 0.15) is 18.2 Å². The molecule has 0 aliphatic carbocycles. The summed E-state index contributed by atoms with van der Waals surface area (Å²) in [5.74, 6) is 0. The monoisotopic (exact) mass is 158 g/mol. The van der Waals surface area contributed by atoms with Crippen LogP contribution in [0.3, 0.4) is 0 Å². The molecule has 0 aromatic carbocycles. The first-order chi connectivity index (χ1) is 4.84. The smallest absolute Gasteiger partial charge is 0.0980 e. The molecule has 56 valence electrons. The van der Waals surface area contributed by atoms with Gasteiger partial charge < -0.3 is 10.8 Å². The van der Waals surface area contributed by atoms with E-state index >= 15 is 0 Å². The van der Waals surface area contributed by atoms with Gasteiger partial charge in [-0.1, -0.05) is 0 Å². The molecule has 0 aliphatic rings. The van der Waals surface area contributed by atoms with Crippen molar-refractivity contribution in [3.05, 3.63) is 16.6 Å². The average molecular weight is 158 g/mol. The summed E-state index contributed by atoms with van der Waals surface area (Å²) in [7, 11) is 0. The molecular formula is C6H10N2OS. The number of thiazole rings is 1. The van der Waals surface area contributed by atoms with Gasteiger partial charge in [0, 0.05) is 5.38 Å². The number of aromatic nitrogens is 1. The maximum absolute atomic E-state index is 9.27. The van der Waals surface area contributed by atoms with Gasteiger partial charge in [-0.2, -0.15) is 0 Å². The van der Waals surface area contributed by atoms with Crippen molar-refractivity contribution >= 4 is 11.3 Å². The zero-order valence-corrected chi connectivity index (χ0v) is 6.34. The molecule has 0 amide bonds. The normalized spacial score (nSPS) is 13.4. The first-order valence-corrected chi connectivity index (χ1v) is 4.05. The van der Waals surface area contributed by atoms with E-state index in [1.807, 2.05) is 5.38 Å². The second-order valence-corrected chi connectivity index (χ2v) is 2.73. The Labute approximate surface area is 63.5 Å². The summed E-state index contributed by atoms with van der Waals surface area (Å²) in [4.78, 5) is 3.95. The van der Waals surface area contributed by atoms with Crippen molar-refractivity contribution in [2.24, 2.45) is 5.73 Å². The number of hydrogen-bond acceptors (Lipinski definition) is 4. The maximum Gasteiger partial charge on any atom is 0.0980 e. The third-order valence-corrected chi connectivity index (χ3v) is 1.84. The molecule has 10 heavy (non-hydrogen) atoms. The first-order valence-electron chi connectivity index (χ1n) is 3.11. The highest BCUT2D eigenvalue weighted by Gasteiger charge is 2.06. The molecule has 0 saturated heterocycles. The highest BCUT2D eigenvalue weighted by atomic mass is 32.1. The lowest BCUT2D eigenvalue weighted by molar-refractivity contribution is 0.166. The summed E-state index contributed by atoms with van der Waals surface area (Å²) < 4.78 is 0. The van der Waals surface area contributed by atoms with Crippen LogP contribution < -0.4 is 5.73 Å². The van der Waals surface area contributed by atoms with Crippen LogP contribution >= 0.6 is 11.3 Å². The fourth-order valence-corrected chi connectivity index (χ4v) is 1.29. The topological polar surface area (TPSA) is 59.1 Å². The molecule has 1 aromatic rings. The van der Waals surface area contributed by atoms with Gasteiger partial charge >= 0.3 is 0 Å². The van der Waals surface area contributed by atoms with Crippen LogP contribution in [0.25, 0.3) is 0 Å². The van der Waals surface area contributed by atoms with E-state index in [-0.39, 0.29) is 0 Å². The Morgan fingerprint density at radius 1 is 1.80 bits per heavy atom. The molecule has 1 aromatic heterocycles. The molecule has 0 spiro atoms. The van der Waals surface area contributed by atoms with Crippen LogP contribution in [-0.4, -0.2) is 16.6 Å². The fourth-order valence-electron chi connectivity index (χ4n) is 0.692. The van der Waals surface area contributed by atoms with Crippen molar-refractivity contribution in [2.75, 3.05) is 6.54 Å². The molecule has 0 aliphatic heterocycles. The summed E-state index contributed by atoms with van der Waals surface area (Å²) in [5.41, 5.74) is 7.69. The van der Waals surface area contributed by atoms with E-state index in [2.05, 4.69) is 4.98 Å². The number of nitrogens with zero attached hydrogens (tertiary/aromatic N) is 1. The van der Waals surface area contributed by atoms with Crippen molar-refractivity contribution < 1.29 is 5.11 Å². The van der Waals surface area contributed by atoms with Crippen molar-refractivity contribution in [1.82, 2.24) is 4.98 Å². The Bertz CT molecular complexity index is 176. The van der Waals surface area contributed by atoms with E-state index in [0.29, 0.717) is 13.0 Å². The zero-order chi connectivity index (χ0) is 7.40. The molecule has 0 saturated carbocycles. The summed E-state index contributed by atoms with van der Waals surface area (Å²) in [6, 6.07) is 0. The van der Waals surface area contributed by atoms with Crippen LogP contribution in [0.4, 0.5) is 0 Å². The van der Waals surface area contributed by atoms with Crippen LogP contribution in [0.15, 0.2) is 10.9 Å². The van der Waals surface area contributed by atoms with Gasteiger partial charge in [-0.25, -0.2) is 4.98 Å². The second kappa shape index (κ2) is 3.65. The van der Waals surface area contributed by atoms with Crippen LogP contribution in [0.2, 0.25) is 0 Å². The average Bonchev–Trinajstić information content (AvgIpc) is 2.38. The van der Waals surface area contributed by atoms with E-state index in [0.717, 1.165) is 5.69 Å². The third-order valence-electron chi connectivity index (χ3n) is 1.23. The minimum Gasteiger partial charge on any atom is -0.387 e. The Hall–Kier alpha value is -0.450. The summed E-state index contributed by atoms with van der Waals surface area (Å²) in [6.07, 6.45) is 0.111. The summed E-state index contributed by atoms with van der Waals surface area (Å²) >= 11 is 1.48. The van der Waals surface area contributed by atoms with Gasteiger partial charge in [-0.15, -0.1) is 11.3 Å². The predicted octanol–water partition coefficient (Wildman–Crippen LogP) is 0.525. The Kier molecular flexibility index (Phi) is 2.80. The molecule has 1 rings (SSSR count). The molecule has 1 unspecified atom stereocenters. The lowest BCUT2D eigenvalue weighted by Gasteiger charge is -2.03. The lowest BCUT2D eigenvalue weighted by atomic mass is 10.2. The molecule has 3 N–H and O–H groups in total. The zero-order valence-electron chi connectivity index (χ0n) is 5.53. The van der Waals surface area contributed by atoms with E-state index in [4.69, 9.17) is 5.73 Å². The molecule has 1 heterocycles. The number of aliphatic hydroxyl groups excluding tert-OH is 1. The Morgan fingerprint density at radius 2 is 2.60 bits per heavy atom. The molecule has 3 nitrogen and oxygen atoms in total. The Morgan fingerprint density at radius 3 is 3.10 bits per heavy atom. The molecular weight excluding hydrogens is 148 g/mol. The van der Waals surface area contributed by atoms with Gasteiger partial charge in [-0.05, 0) is 13.0 Å². The van der Waals surface area contributed by atoms with Gasteiger partial charge in [-0.3, -0.25) is 0 Å². The highest BCUT2D eigenvalue weighted by Crippen LogP contribution is 2.14. The van der Waals surface area contributed by atoms with E-state index < -0.39 is 6.10 Å². The van der Waals surface area contributed by atoms with Gasteiger partial charge in [0.15, 0.2) is 0 Å². The molecule has 0 bridgehead atoms. The summed E-state index contributed by atoms with van der Waals surface area (Å²) in [6.45, 7) is 0.499. The van der Waals surface area contributed by atoms with Gasteiger partial charge in [0.1, 0.15) is 0 Å². The standard InChI is InChI=1S/C6H10N2OS/c7-2-1-6(9)5-3-10-4-8-5/h3-4,6,9H,1-2,7H2. The van der Waals surface area contributed by atoms with Gasteiger partial charge in [0.25, 0.3) is 0 Å². The lowest BCUT2D eigenvalue weighted by Crippen LogP contribution is -2.06. The van der Waals surface area contributed by atoms with Crippen LogP contribution in [-0.2, 0) is 0 Å². The maximum atomic E-state index is 9.27. The number of aliphatic hydroxyl groups is 1. The number of rotatable bonds is 3. The van der Waals surface area contributed by atoms with Gasteiger partial charge in [0.05, 0.1) is 17.3 Å². The highest BCUT2D eigenvalue weighted by molar-refractivity contribution is 7.07. The van der Waals surface area contributed by atoms with Crippen molar-refractivity contribution in [2.45, 2.75) is 12.5 Å². The largest absolute Gasteiger partial charge is 0.387 e. The fraction of sp³-hybridized carbons (Fsp3) is 0.500. The Balaban J connectivity index is 2.50. The number of nitrogens with two attached hydrogens (primary N) is 1. The van der Waals surface area contributed by atoms with E-state index in [1.165, 1.54) is 11.3 Å². The molecule has 0 radical (unpaired) electrons. The minimum atomic E-state index is -0.476. The minimum absolute atomic E-state index is 0.476. The second-order valence-electron chi connectivity index (χ2n) is 2.01. The van der Waals surface area contributed by atoms with E-state index in [1.54, 1.807) is 5.51 Å². The quantitative estimate of drug-likeness (QED) is 0.674. The molecule has 4 heteroatoms. The van der Waals surface area contributed by atoms with Crippen LogP contribution in [0, 0.1) is 0 Å². The SMILES string of the molecule is NCCC(O)c1cscn1. The van der Waals surface area contributed by atoms with Crippen LogP contribution in [0.5, 0.6) is 0 Å².